The van der Waals surface area contributed by atoms with Crippen molar-refractivity contribution in [2.75, 3.05) is 7.11 Å². The second-order valence-electron chi connectivity index (χ2n) is 4.85. The maximum Gasteiger partial charge on any atom is 0.118 e. The standard InChI is InChI=1S/C17H18N2O/c1-20-16-7-5-13(6-8-16)12-19-10-9-14-3-2-4-15(11-18)17(14)19/h2-10H,11-12,18H2,1H3. The van der Waals surface area contributed by atoms with Crippen LogP contribution >= 0.6 is 0 Å². The van der Waals surface area contributed by atoms with Crippen LogP contribution < -0.4 is 10.5 Å². The van der Waals surface area contributed by atoms with Crippen molar-refractivity contribution in [3.63, 3.8) is 0 Å². The topological polar surface area (TPSA) is 40.2 Å². The van der Waals surface area contributed by atoms with Gasteiger partial charge in [0, 0.05) is 19.3 Å². The molecule has 0 aliphatic carbocycles. The van der Waals surface area contributed by atoms with Gasteiger partial charge in [-0.1, -0.05) is 30.3 Å². The molecule has 0 atom stereocenters. The molecule has 2 aromatic carbocycles. The number of benzene rings is 2. The predicted octanol–water partition coefficient (Wildman–Crippen LogP) is 3.16. The summed E-state index contributed by atoms with van der Waals surface area (Å²) in [7, 11) is 1.68. The first-order valence-corrected chi connectivity index (χ1v) is 6.71. The fraction of sp³-hybridized carbons (Fsp3) is 0.176. The Balaban J connectivity index is 1.97. The number of fused-ring (bicyclic) bond motifs is 1. The first-order chi connectivity index (χ1) is 9.81. The summed E-state index contributed by atoms with van der Waals surface area (Å²) in [6.07, 6.45) is 2.12. The number of nitrogens with zero attached hydrogens (tertiary/aromatic N) is 1. The molecule has 3 heteroatoms. The van der Waals surface area contributed by atoms with Crippen LogP contribution in [0.2, 0.25) is 0 Å². The Bertz CT molecular complexity index is 713. The second kappa shape index (κ2) is 5.39. The number of para-hydroxylation sites is 1. The van der Waals surface area contributed by atoms with Gasteiger partial charge in [-0.2, -0.15) is 0 Å². The minimum absolute atomic E-state index is 0.559. The van der Waals surface area contributed by atoms with Crippen LogP contribution in [0.3, 0.4) is 0 Å². The highest BCUT2D eigenvalue weighted by Gasteiger charge is 2.06. The third-order valence-electron chi connectivity index (χ3n) is 3.60. The van der Waals surface area contributed by atoms with E-state index in [4.69, 9.17) is 10.5 Å². The minimum Gasteiger partial charge on any atom is -0.497 e. The Hall–Kier alpha value is -2.26. The van der Waals surface area contributed by atoms with Crippen molar-refractivity contribution in [2.24, 2.45) is 5.73 Å². The van der Waals surface area contributed by atoms with Crippen LogP contribution in [0.15, 0.2) is 54.7 Å². The highest BCUT2D eigenvalue weighted by molar-refractivity contribution is 5.83. The zero-order chi connectivity index (χ0) is 13.9. The molecule has 0 fully saturated rings. The highest BCUT2D eigenvalue weighted by Crippen LogP contribution is 2.22. The number of rotatable bonds is 4. The third kappa shape index (κ3) is 2.28. The number of hydrogen-bond donors (Lipinski definition) is 1. The van der Waals surface area contributed by atoms with Crippen LogP contribution in [0.1, 0.15) is 11.1 Å². The van der Waals surface area contributed by atoms with Gasteiger partial charge in [0.1, 0.15) is 5.75 Å². The number of methoxy groups -OCH3 is 1. The first-order valence-electron chi connectivity index (χ1n) is 6.71. The fourth-order valence-electron chi connectivity index (χ4n) is 2.56. The molecule has 0 unspecified atom stereocenters. The molecule has 0 bridgehead atoms. The van der Waals surface area contributed by atoms with Crippen molar-refractivity contribution < 1.29 is 4.74 Å². The van der Waals surface area contributed by atoms with Crippen molar-refractivity contribution in [3.05, 3.63) is 65.9 Å². The fourth-order valence-corrected chi connectivity index (χ4v) is 2.56. The minimum atomic E-state index is 0.559. The molecule has 1 aromatic heterocycles. The van der Waals surface area contributed by atoms with Gasteiger partial charge in [0.25, 0.3) is 0 Å². The maximum atomic E-state index is 5.85. The van der Waals surface area contributed by atoms with Crippen LogP contribution in [-0.4, -0.2) is 11.7 Å². The molecular formula is C17H18N2O. The summed E-state index contributed by atoms with van der Waals surface area (Å²) < 4.78 is 7.44. The molecule has 0 radical (unpaired) electrons. The van der Waals surface area contributed by atoms with Gasteiger partial charge in [0.15, 0.2) is 0 Å². The van der Waals surface area contributed by atoms with E-state index in [2.05, 4.69) is 47.2 Å². The number of nitrogens with two attached hydrogens (primary N) is 1. The molecule has 3 nitrogen and oxygen atoms in total. The summed E-state index contributed by atoms with van der Waals surface area (Å²) in [4.78, 5) is 0. The monoisotopic (exact) mass is 266 g/mol. The zero-order valence-corrected chi connectivity index (χ0v) is 11.5. The van der Waals surface area contributed by atoms with E-state index in [1.807, 2.05) is 12.1 Å². The lowest BCUT2D eigenvalue weighted by Crippen LogP contribution is -2.03. The van der Waals surface area contributed by atoms with Gasteiger partial charge < -0.3 is 15.0 Å². The molecular weight excluding hydrogens is 248 g/mol. The lowest BCUT2D eigenvalue weighted by atomic mass is 10.1. The van der Waals surface area contributed by atoms with Gasteiger partial charge >= 0.3 is 0 Å². The Morgan fingerprint density at radius 1 is 1.05 bits per heavy atom. The van der Waals surface area contributed by atoms with Crippen molar-refractivity contribution >= 4 is 10.9 Å². The third-order valence-corrected chi connectivity index (χ3v) is 3.60. The van der Waals surface area contributed by atoms with Crippen molar-refractivity contribution in [1.29, 1.82) is 0 Å². The van der Waals surface area contributed by atoms with Gasteiger partial charge in [0.2, 0.25) is 0 Å². The number of ether oxygens (including phenoxy) is 1. The normalized spacial score (nSPS) is 10.9. The van der Waals surface area contributed by atoms with E-state index < -0.39 is 0 Å². The average Bonchev–Trinajstić information content (AvgIpc) is 2.91. The van der Waals surface area contributed by atoms with Gasteiger partial charge in [0.05, 0.1) is 12.6 Å². The molecule has 0 amide bonds. The van der Waals surface area contributed by atoms with E-state index in [0.29, 0.717) is 6.54 Å². The molecule has 2 N–H and O–H groups in total. The van der Waals surface area contributed by atoms with E-state index in [0.717, 1.165) is 12.3 Å². The Morgan fingerprint density at radius 2 is 1.85 bits per heavy atom. The summed E-state index contributed by atoms with van der Waals surface area (Å²) in [5.41, 5.74) is 9.50. The zero-order valence-electron chi connectivity index (χ0n) is 11.5. The molecule has 3 aromatic rings. The Labute approximate surface area is 118 Å². The van der Waals surface area contributed by atoms with Gasteiger partial charge in [-0.25, -0.2) is 0 Å². The van der Waals surface area contributed by atoms with Crippen LogP contribution in [-0.2, 0) is 13.1 Å². The lowest BCUT2D eigenvalue weighted by Gasteiger charge is -2.09. The molecule has 20 heavy (non-hydrogen) atoms. The second-order valence-corrected chi connectivity index (χ2v) is 4.85. The molecule has 1 heterocycles. The summed E-state index contributed by atoms with van der Waals surface area (Å²) in [5.74, 6) is 0.883. The smallest absolute Gasteiger partial charge is 0.118 e. The number of aromatic nitrogens is 1. The molecule has 0 aliphatic rings. The number of hydrogen-bond acceptors (Lipinski definition) is 2. The summed E-state index contributed by atoms with van der Waals surface area (Å²) >= 11 is 0. The summed E-state index contributed by atoms with van der Waals surface area (Å²) in [5, 5.41) is 1.24. The van der Waals surface area contributed by atoms with E-state index in [1.165, 1.54) is 22.0 Å². The van der Waals surface area contributed by atoms with Gasteiger partial charge in [-0.3, -0.25) is 0 Å². The summed E-state index contributed by atoms with van der Waals surface area (Å²) in [6.45, 7) is 1.40. The van der Waals surface area contributed by atoms with Crippen molar-refractivity contribution in [1.82, 2.24) is 4.57 Å². The molecule has 0 saturated carbocycles. The van der Waals surface area contributed by atoms with E-state index >= 15 is 0 Å². The molecule has 102 valence electrons. The van der Waals surface area contributed by atoms with Crippen LogP contribution in [0.4, 0.5) is 0 Å². The molecule has 0 saturated heterocycles. The SMILES string of the molecule is COc1ccc(Cn2ccc3cccc(CN)c32)cc1. The quantitative estimate of drug-likeness (QED) is 0.788. The van der Waals surface area contributed by atoms with Crippen LogP contribution in [0, 0.1) is 0 Å². The van der Waals surface area contributed by atoms with Crippen molar-refractivity contribution in [3.8, 4) is 5.75 Å². The Kier molecular flexibility index (Phi) is 3.44. The maximum absolute atomic E-state index is 5.85. The average molecular weight is 266 g/mol. The molecule has 0 aliphatic heterocycles. The van der Waals surface area contributed by atoms with E-state index in [-0.39, 0.29) is 0 Å². The summed E-state index contributed by atoms with van der Waals surface area (Å²) in [6, 6.07) is 16.6. The van der Waals surface area contributed by atoms with Gasteiger partial charge in [-0.15, -0.1) is 0 Å². The largest absolute Gasteiger partial charge is 0.497 e. The van der Waals surface area contributed by atoms with Crippen molar-refractivity contribution in [2.45, 2.75) is 13.1 Å². The molecule has 3 rings (SSSR count). The Morgan fingerprint density at radius 3 is 2.55 bits per heavy atom. The first kappa shape index (κ1) is 12.8. The lowest BCUT2D eigenvalue weighted by molar-refractivity contribution is 0.414. The highest BCUT2D eigenvalue weighted by atomic mass is 16.5. The molecule has 0 spiro atoms. The van der Waals surface area contributed by atoms with Crippen LogP contribution in [0.5, 0.6) is 5.75 Å². The van der Waals surface area contributed by atoms with E-state index in [1.54, 1.807) is 7.11 Å². The predicted molar refractivity (Wildman–Crippen MR) is 81.9 cm³/mol. The van der Waals surface area contributed by atoms with Gasteiger partial charge in [-0.05, 0) is 34.7 Å². The van der Waals surface area contributed by atoms with E-state index in [9.17, 15) is 0 Å². The van der Waals surface area contributed by atoms with Crippen LogP contribution in [0.25, 0.3) is 10.9 Å².